The Labute approximate surface area is 561 Å². The first-order valence-electron chi connectivity index (χ1n) is 33.8. The minimum absolute atomic E-state index is 0.0234. The number of nitrogens with one attached hydrogen (secondary N) is 4. The van der Waals surface area contributed by atoms with Crippen molar-refractivity contribution in [2.24, 2.45) is 41.4 Å². The van der Waals surface area contributed by atoms with Crippen molar-refractivity contribution in [3.05, 3.63) is 12.2 Å². The van der Waals surface area contributed by atoms with Crippen LogP contribution in [0.1, 0.15) is 162 Å². The minimum atomic E-state index is -1.74. The van der Waals surface area contributed by atoms with Gasteiger partial charge in [0.1, 0.15) is 48.3 Å². The Balaban J connectivity index is 4.28. The van der Waals surface area contributed by atoms with Crippen molar-refractivity contribution >= 4 is 70.8 Å². The number of nitrogens with zero attached hydrogens (tertiary/aromatic N) is 7. The third-order valence-corrected chi connectivity index (χ3v) is 17.5. The number of allylic oxidation sites excluding steroid dienone is 1. The molecule has 94 heavy (non-hydrogen) atoms. The average Bonchev–Trinajstić information content (AvgIpc) is 0.808. The molecule has 0 aliphatic carbocycles. The molecule has 26 heteroatoms. The number of hydrogen-bond acceptors (Lipinski definition) is 15. The predicted molar refractivity (Wildman–Crippen MR) is 360 cm³/mol. The molecule has 1 aliphatic heterocycles. The highest BCUT2D eigenvalue weighted by molar-refractivity contribution is 5.99. The van der Waals surface area contributed by atoms with Crippen molar-refractivity contribution in [2.75, 3.05) is 88.9 Å². The molecule has 538 valence electrons. The van der Waals surface area contributed by atoms with E-state index in [-0.39, 0.29) is 75.9 Å². The van der Waals surface area contributed by atoms with Crippen LogP contribution < -0.4 is 21.3 Å². The van der Waals surface area contributed by atoms with Crippen molar-refractivity contribution in [3.8, 4) is 0 Å². The van der Waals surface area contributed by atoms with Gasteiger partial charge in [-0.15, -0.1) is 0 Å². The summed E-state index contributed by atoms with van der Waals surface area (Å²) in [5.41, 5.74) is 0. The Morgan fingerprint density at radius 1 is 0.553 bits per heavy atom. The van der Waals surface area contributed by atoms with E-state index < -0.39 is 161 Å². The molecule has 1 fully saturated rings. The maximum atomic E-state index is 15.3. The van der Waals surface area contributed by atoms with Crippen LogP contribution in [-0.2, 0) is 67.0 Å². The molecule has 0 spiro atoms. The Bertz CT molecular complexity index is 2550. The molecule has 1 unspecified atom stereocenters. The number of rotatable bonds is 23. The summed E-state index contributed by atoms with van der Waals surface area (Å²) >= 11 is 0. The van der Waals surface area contributed by atoms with Crippen LogP contribution in [0.5, 0.6) is 0 Å². The molecule has 0 saturated carbocycles. The highest BCUT2D eigenvalue weighted by Crippen LogP contribution is 2.27. The van der Waals surface area contributed by atoms with Crippen molar-refractivity contribution in [3.63, 3.8) is 0 Å². The van der Waals surface area contributed by atoms with Crippen molar-refractivity contribution in [1.29, 1.82) is 0 Å². The third-order valence-electron chi connectivity index (χ3n) is 17.5. The standard InChI is InChI=1S/C68H121N11O15/c1-24-28-50-54(80)38-48(43(10)11)64(88)75(19)51(35-40(4)5)61(85)70-46(15)60(84)71-47(16)63(87)76(20)52(36-41(6)7)66(90)77(21)53(37-42(8)9)67(91)78(22)57(44(12)13)68(92)79(23)58(62(86)72-49(25-2)65(89)73(17)39-56(82)74(50)18)59(83)45(14)29-27-30-55(81)69-31-32-94-34-33-93-26-3/h27,30,40-53,57-59,83H,24-26,28-29,31-39H2,1-23H3,(H,69,81)(H,70,85)(H,71,84)(H,72,86)/b30-27-/t45-,46+,47+,48+,49+,50+,51+,52+,53+,57+,58?,59-/m0/s1. The van der Waals surface area contributed by atoms with Crippen LogP contribution in [0.15, 0.2) is 12.2 Å². The second kappa shape index (κ2) is 41.4. The van der Waals surface area contributed by atoms with Gasteiger partial charge in [0.05, 0.1) is 38.5 Å². The number of aliphatic hydroxyl groups is 1. The van der Waals surface area contributed by atoms with Crippen LogP contribution >= 0.6 is 0 Å². The minimum Gasteiger partial charge on any atom is -0.390 e. The zero-order valence-corrected chi connectivity index (χ0v) is 61.2. The van der Waals surface area contributed by atoms with Crippen LogP contribution in [0.25, 0.3) is 0 Å². The summed E-state index contributed by atoms with van der Waals surface area (Å²) in [6, 6.07) is -11.4. The van der Waals surface area contributed by atoms with Gasteiger partial charge in [0, 0.05) is 74.8 Å². The fourth-order valence-corrected chi connectivity index (χ4v) is 11.6. The molecule has 0 aromatic rings. The lowest BCUT2D eigenvalue weighted by Gasteiger charge is -2.41. The monoisotopic (exact) mass is 1330 g/mol. The fraction of sp³-hybridized carbons (Fsp3) is 0.794. The molecule has 0 aromatic carbocycles. The summed E-state index contributed by atoms with van der Waals surface area (Å²) in [5, 5.41) is 23.2. The van der Waals surface area contributed by atoms with Gasteiger partial charge in [0.15, 0.2) is 5.78 Å². The maximum absolute atomic E-state index is 15.3. The maximum Gasteiger partial charge on any atom is 0.246 e. The van der Waals surface area contributed by atoms with E-state index in [1.54, 1.807) is 41.5 Å². The lowest BCUT2D eigenvalue weighted by Crippen LogP contribution is -2.63. The number of carbonyl (C=O) groups is 12. The second-order valence-electron chi connectivity index (χ2n) is 27.5. The molecular formula is C68H121N11O15. The van der Waals surface area contributed by atoms with Crippen LogP contribution in [0, 0.1) is 41.4 Å². The topological polar surface area (TPSA) is 314 Å². The Kier molecular flexibility index (Phi) is 37.7. The van der Waals surface area contributed by atoms with Gasteiger partial charge in [0.25, 0.3) is 0 Å². The molecule has 11 amide bonds. The van der Waals surface area contributed by atoms with Gasteiger partial charge in [-0.3, -0.25) is 57.5 Å². The van der Waals surface area contributed by atoms with E-state index in [1.165, 1.54) is 99.8 Å². The summed E-state index contributed by atoms with van der Waals surface area (Å²) in [4.78, 5) is 182. The molecular weight excluding hydrogens is 1210 g/mol. The molecule has 0 radical (unpaired) electrons. The fourth-order valence-electron chi connectivity index (χ4n) is 11.6. The number of carbonyl (C=O) groups excluding carboxylic acids is 12. The van der Waals surface area contributed by atoms with Gasteiger partial charge < -0.3 is 70.1 Å². The molecule has 26 nitrogen and oxygen atoms in total. The predicted octanol–water partition coefficient (Wildman–Crippen LogP) is 3.26. The van der Waals surface area contributed by atoms with Gasteiger partial charge >= 0.3 is 0 Å². The lowest BCUT2D eigenvalue weighted by atomic mass is 9.86. The number of amides is 11. The zero-order chi connectivity index (χ0) is 72.3. The first-order valence-corrected chi connectivity index (χ1v) is 33.8. The highest BCUT2D eigenvalue weighted by atomic mass is 16.5. The molecule has 1 heterocycles. The van der Waals surface area contributed by atoms with Crippen molar-refractivity contribution in [2.45, 2.75) is 223 Å². The van der Waals surface area contributed by atoms with E-state index in [9.17, 15) is 43.5 Å². The summed E-state index contributed by atoms with van der Waals surface area (Å²) < 4.78 is 10.7. The van der Waals surface area contributed by atoms with Gasteiger partial charge in [-0.05, 0) is 101 Å². The van der Waals surface area contributed by atoms with Crippen LogP contribution in [0.2, 0.25) is 0 Å². The molecule has 12 atom stereocenters. The summed E-state index contributed by atoms with van der Waals surface area (Å²) in [5.74, 6) is -11.1. The normalized spacial score (nSPS) is 25.4. The van der Waals surface area contributed by atoms with E-state index in [0.717, 1.165) is 9.80 Å². The number of ether oxygens (including phenoxy) is 2. The average molecular weight is 1330 g/mol. The summed E-state index contributed by atoms with van der Waals surface area (Å²) in [6.45, 7) is 29.1. The Morgan fingerprint density at radius 2 is 1.05 bits per heavy atom. The van der Waals surface area contributed by atoms with Crippen molar-refractivity contribution < 1.29 is 72.1 Å². The Hall–Kier alpha value is -6.54. The molecule has 1 aliphatic rings. The molecule has 1 saturated heterocycles. The van der Waals surface area contributed by atoms with E-state index in [0.29, 0.717) is 26.2 Å². The van der Waals surface area contributed by atoms with Crippen LogP contribution in [0.3, 0.4) is 0 Å². The first kappa shape index (κ1) is 85.5. The largest absolute Gasteiger partial charge is 0.390 e. The lowest BCUT2D eigenvalue weighted by molar-refractivity contribution is -0.157. The number of hydrogen-bond donors (Lipinski definition) is 5. The van der Waals surface area contributed by atoms with Crippen LogP contribution in [0.4, 0.5) is 0 Å². The molecule has 0 bridgehead atoms. The van der Waals surface area contributed by atoms with E-state index in [4.69, 9.17) is 9.47 Å². The number of likely N-dealkylation sites (N-methyl/N-ethyl adjacent to an activating group) is 7. The van der Waals surface area contributed by atoms with E-state index in [2.05, 4.69) is 21.3 Å². The van der Waals surface area contributed by atoms with Gasteiger partial charge in [-0.1, -0.05) is 103 Å². The number of Topliss-reactive ketones (excluding diaryl/α,β-unsaturated/α-hetero) is 1. The van der Waals surface area contributed by atoms with E-state index >= 15 is 19.2 Å². The summed E-state index contributed by atoms with van der Waals surface area (Å²) in [7, 11) is 9.84. The van der Waals surface area contributed by atoms with Gasteiger partial charge in [0.2, 0.25) is 65.0 Å². The first-order chi connectivity index (χ1) is 43.7. The van der Waals surface area contributed by atoms with Gasteiger partial charge in [-0.2, -0.15) is 0 Å². The number of aliphatic hydroxyl groups excluding tert-OH is 1. The summed E-state index contributed by atoms with van der Waals surface area (Å²) in [6.07, 6.45) is 1.89. The zero-order valence-electron chi connectivity index (χ0n) is 61.2. The Morgan fingerprint density at radius 3 is 1.56 bits per heavy atom. The second-order valence-corrected chi connectivity index (χ2v) is 27.5. The third kappa shape index (κ3) is 25.9. The smallest absolute Gasteiger partial charge is 0.246 e. The highest BCUT2D eigenvalue weighted by Gasteiger charge is 2.46. The molecule has 5 N–H and O–H groups in total. The van der Waals surface area contributed by atoms with E-state index in [1.807, 2.05) is 55.4 Å². The van der Waals surface area contributed by atoms with Gasteiger partial charge in [-0.25, -0.2) is 0 Å². The van der Waals surface area contributed by atoms with Crippen molar-refractivity contribution in [1.82, 2.24) is 55.6 Å². The quantitative estimate of drug-likeness (QED) is 0.0725. The molecule has 0 aromatic heterocycles. The van der Waals surface area contributed by atoms with Crippen LogP contribution in [-0.4, -0.2) is 259 Å². The SMILES string of the molecule is CCC[C@@H]1C(=O)C[C@H](C(C)C)C(=O)N(C)[C@H](CC(C)C)C(=O)N[C@H](C)C(=O)N[C@H](C)C(=O)N(C)[C@H](CC(C)C)C(=O)N(C)[C@H](CC(C)C)C(=O)N(C)[C@H](C(C)C)C(=O)N(C)C([C@@H](O)[C@@H](C)C/C=C\C(=O)NCCOCCOCC)C(=O)N[C@H](CC)C(=O)N(C)CC(=O)N1C. The molecule has 1 rings (SSSR count). The number of ketones is 1.